The van der Waals surface area contributed by atoms with Gasteiger partial charge in [-0.25, -0.2) is 0 Å². The molecule has 4 aromatic carbocycles. The van der Waals surface area contributed by atoms with Gasteiger partial charge in [0, 0.05) is 31.3 Å². The first kappa shape index (κ1) is 35.9. The zero-order valence-electron chi connectivity index (χ0n) is 30.2. The summed E-state index contributed by atoms with van der Waals surface area (Å²) in [6.07, 6.45) is 4.94. The summed E-state index contributed by atoms with van der Waals surface area (Å²) < 4.78 is 18.5. The fourth-order valence-electron chi connectivity index (χ4n) is 6.87. The number of carbonyl (C=O) groups is 2. The largest absolute Gasteiger partial charge is 0.488 e. The highest BCUT2D eigenvalue weighted by Gasteiger charge is 2.29. The third-order valence-electron chi connectivity index (χ3n) is 9.66. The number of hydrogen-bond acceptors (Lipinski definition) is 6. The number of esters is 1. The zero-order valence-corrected chi connectivity index (χ0v) is 30.2. The lowest BCUT2D eigenvalue weighted by Crippen LogP contribution is -2.40. The molecule has 1 heterocycles. The molecule has 51 heavy (non-hydrogen) atoms. The van der Waals surface area contributed by atoms with E-state index in [2.05, 4.69) is 43.9 Å². The minimum atomic E-state index is -0.353. The van der Waals surface area contributed by atoms with Crippen molar-refractivity contribution in [3.63, 3.8) is 0 Å². The number of ether oxygens (including phenoxy) is 3. The molecule has 7 nitrogen and oxygen atoms in total. The molecular weight excluding hydrogens is 636 g/mol. The van der Waals surface area contributed by atoms with E-state index in [1.807, 2.05) is 84.6 Å². The zero-order chi connectivity index (χ0) is 35.7. The average molecular weight is 687 g/mol. The Bertz CT molecular complexity index is 1810. The van der Waals surface area contributed by atoms with E-state index >= 15 is 0 Å². The summed E-state index contributed by atoms with van der Waals surface area (Å²) in [5.74, 6) is 1.19. The molecule has 1 amide bonds. The molecule has 7 heteroatoms. The maximum Gasteiger partial charge on any atom is 0.323 e. The van der Waals surface area contributed by atoms with Gasteiger partial charge in [0.25, 0.3) is 5.91 Å². The molecule has 266 valence electrons. The molecule has 1 saturated carbocycles. The standard InChI is InChI=1S/C44H50N2O5/c1-30(2)21-40(44(48)51-37-17-11-12-18-37)45-25-34-19-20-35-26-46(27-36(35)22-34)43(47)39-23-38(31(3)4)41(49-28-32-13-7-5-8-14-32)24-42(39)50-29-33-15-9-6-10-16-33/h5-10,13-16,19-20,22-24,30,37,40,45H,3,11-12,17-18,21,25-29H2,1-2,4H3. The second-order valence-corrected chi connectivity index (χ2v) is 14.3. The van der Waals surface area contributed by atoms with Gasteiger partial charge in [0.2, 0.25) is 0 Å². The van der Waals surface area contributed by atoms with Gasteiger partial charge in [-0.15, -0.1) is 0 Å². The van der Waals surface area contributed by atoms with Gasteiger partial charge < -0.3 is 24.4 Å². The Kier molecular flexibility index (Phi) is 11.9. The maximum atomic E-state index is 14.3. The number of carbonyl (C=O) groups excluding carboxylic acids is 2. The van der Waals surface area contributed by atoms with Crippen LogP contribution in [0.2, 0.25) is 0 Å². The van der Waals surface area contributed by atoms with E-state index in [-0.39, 0.29) is 24.0 Å². The topological polar surface area (TPSA) is 77.1 Å². The van der Waals surface area contributed by atoms with Crippen molar-refractivity contribution in [2.24, 2.45) is 5.92 Å². The summed E-state index contributed by atoms with van der Waals surface area (Å²) in [7, 11) is 0. The molecule has 6 rings (SSSR count). The van der Waals surface area contributed by atoms with Crippen LogP contribution in [0, 0.1) is 5.92 Å². The fourth-order valence-corrected chi connectivity index (χ4v) is 6.87. The lowest BCUT2D eigenvalue weighted by molar-refractivity contribution is -0.151. The molecule has 1 aliphatic carbocycles. The monoisotopic (exact) mass is 686 g/mol. The molecule has 0 bridgehead atoms. The first-order valence-corrected chi connectivity index (χ1v) is 18.2. The summed E-state index contributed by atoms with van der Waals surface area (Å²) >= 11 is 0. The maximum absolute atomic E-state index is 14.3. The van der Waals surface area contributed by atoms with Gasteiger partial charge in [0.1, 0.15) is 36.9 Å². The van der Waals surface area contributed by atoms with Crippen molar-refractivity contribution in [3.05, 3.63) is 137 Å². The fraction of sp³-hybridized carbons (Fsp3) is 0.364. The van der Waals surface area contributed by atoms with Crippen molar-refractivity contribution in [2.45, 2.75) is 97.9 Å². The summed E-state index contributed by atoms with van der Waals surface area (Å²) in [6.45, 7) is 12.6. The Hall–Kier alpha value is -4.88. The number of nitrogens with one attached hydrogen (secondary N) is 1. The van der Waals surface area contributed by atoms with E-state index in [0.29, 0.717) is 55.8 Å². The van der Waals surface area contributed by atoms with Crippen molar-refractivity contribution in [2.75, 3.05) is 0 Å². The van der Waals surface area contributed by atoms with E-state index in [1.165, 1.54) is 0 Å². The molecule has 1 atom stereocenters. The van der Waals surface area contributed by atoms with Gasteiger partial charge in [0.05, 0.1) is 5.56 Å². The Morgan fingerprint density at radius 3 is 2.00 bits per heavy atom. The van der Waals surface area contributed by atoms with E-state index in [0.717, 1.165) is 71.1 Å². The number of nitrogens with zero attached hydrogens (tertiary/aromatic N) is 1. The van der Waals surface area contributed by atoms with Gasteiger partial charge >= 0.3 is 5.97 Å². The highest BCUT2D eigenvalue weighted by Crippen LogP contribution is 2.36. The van der Waals surface area contributed by atoms with Crippen LogP contribution in [-0.4, -0.2) is 28.9 Å². The number of hydrogen-bond donors (Lipinski definition) is 1. The minimum absolute atomic E-state index is 0.0474. The first-order valence-electron chi connectivity index (χ1n) is 18.2. The van der Waals surface area contributed by atoms with Gasteiger partial charge in [-0.2, -0.15) is 0 Å². The highest BCUT2D eigenvalue weighted by molar-refractivity contribution is 5.98. The lowest BCUT2D eigenvalue weighted by Gasteiger charge is -2.22. The molecule has 0 spiro atoms. The molecule has 4 aromatic rings. The van der Waals surface area contributed by atoms with Gasteiger partial charge in [-0.3, -0.25) is 9.59 Å². The lowest BCUT2D eigenvalue weighted by atomic mass is 10.0. The third kappa shape index (κ3) is 9.47. The molecule has 1 fully saturated rings. The van der Waals surface area contributed by atoms with E-state index < -0.39 is 0 Å². The number of allylic oxidation sites excluding steroid dienone is 1. The second-order valence-electron chi connectivity index (χ2n) is 14.3. The molecule has 2 aliphatic rings. The number of rotatable bonds is 15. The van der Waals surface area contributed by atoms with E-state index in [1.54, 1.807) is 0 Å². The average Bonchev–Trinajstić information content (AvgIpc) is 3.81. The Balaban J connectivity index is 1.19. The van der Waals surface area contributed by atoms with Crippen LogP contribution in [0.1, 0.15) is 96.6 Å². The smallest absolute Gasteiger partial charge is 0.323 e. The van der Waals surface area contributed by atoms with Crippen LogP contribution in [0.3, 0.4) is 0 Å². The predicted molar refractivity (Wildman–Crippen MR) is 201 cm³/mol. The van der Waals surface area contributed by atoms with Gasteiger partial charge in [-0.05, 0) is 84.4 Å². The Morgan fingerprint density at radius 2 is 1.39 bits per heavy atom. The molecule has 1 N–H and O–H groups in total. The third-order valence-corrected chi connectivity index (χ3v) is 9.66. The second kappa shape index (κ2) is 16.9. The SMILES string of the molecule is C=C(C)c1cc(C(=O)N2Cc3ccc(CNC(CC(C)C)C(=O)OC4CCCC4)cc3C2)c(OCc2ccccc2)cc1OCc1ccccc1. The van der Waals surface area contributed by atoms with Crippen LogP contribution < -0.4 is 14.8 Å². The van der Waals surface area contributed by atoms with Crippen molar-refractivity contribution < 1.29 is 23.8 Å². The first-order chi connectivity index (χ1) is 24.7. The summed E-state index contributed by atoms with van der Waals surface area (Å²) in [6, 6.07) is 29.6. The molecule has 0 saturated heterocycles. The minimum Gasteiger partial charge on any atom is -0.488 e. The van der Waals surface area contributed by atoms with Crippen molar-refractivity contribution in [1.82, 2.24) is 10.2 Å². The van der Waals surface area contributed by atoms with Crippen molar-refractivity contribution in [3.8, 4) is 11.5 Å². The quantitative estimate of drug-likeness (QED) is 0.126. The summed E-state index contributed by atoms with van der Waals surface area (Å²) in [5.41, 5.74) is 7.38. The van der Waals surface area contributed by atoms with Crippen LogP contribution in [0.4, 0.5) is 0 Å². The Morgan fingerprint density at radius 1 is 0.784 bits per heavy atom. The number of fused-ring (bicyclic) bond motifs is 1. The van der Waals surface area contributed by atoms with Crippen LogP contribution in [0.25, 0.3) is 5.57 Å². The predicted octanol–water partition coefficient (Wildman–Crippen LogP) is 9.02. The van der Waals surface area contributed by atoms with Crippen LogP contribution in [0.5, 0.6) is 11.5 Å². The highest BCUT2D eigenvalue weighted by atomic mass is 16.5. The van der Waals surface area contributed by atoms with Crippen LogP contribution >= 0.6 is 0 Å². The van der Waals surface area contributed by atoms with Crippen molar-refractivity contribution >= 4 is 17.4 Å². The summed E-state index contributed by atoms with van der Waals surface area (Å²) in [4.78, 5) is 29.3. The molecule has 1 aliphatic heterocycles. The molecule has 0 aromatic heterocycles. The normalized spacial score (nSPS) is 14.7. The van der Waals surface area contributed by atoms with Gasteiger partial charge in [-0.1, -0.05) is 99.3 Å². The van der Waals surface area contributed by atoms with E-state index in [4.69, 9.17) is 14.2 Å². The van der Waals surface area contributed by atoms with Crippen LogP contribution in [0.15, 0.2) is 97.6 Å². The van der Waals surface area contributed by atoms with Gasteiger partial charge in [0.15, 0.2) is 0 Å². The molecule has 1 unspecified atom stereocenters. The molecular formula is C44H50N2O5. The number of amides is 1. The molecule has 0 radical (unpaired) electrons. The van der Waals surface area contributed by atoms with Crippen molar-refractivity contribution in [1.29, 1.82) is 0 Å². The summed E-state index contributed by atoms with van der Waals surface area (Å²) in [5, 5.41) is 3.48. The van der Waals surface area contributed by atoms with E-state index in [9.17, 15) is 9.59 Å². The Labute approximate surface area is 302 Å². The van der Waals surface area contributed by atoms with Crippen LogP contribution in [-0.2, 0) is 42.4 Å². The number of benzene rings is 4.